The molecule has 0 radical (unpaired) electrons. The highest BCUT2D eigenvalue weighted by Gasteiger charge is 2.37. The van der Waals surface area contributed by atoms with Gasteiger partial charge in [-0.2, -0.15) is 0 Å². The van der Waals surface area contributed by atoms with E-state index >= 15 is 0 Å². The molecule has 2 aliphatic rings. The molecule has 0 unspecified atom stereocenters. The number of carbonyl (C=O) groups excluding carboxylic acids is 1. The molecule has 22 heavy (non-hydrogen) atoms. The van der Waals surface area contributed by atoms with E-state index in [1.165, 1.54) is 12.1 Å². The molecule has 4 nitrogen and oxygen atoms in total. The first-order chi connectivity index (χ1) is 10.6. The Morgan fingerprint density at radius 2 is 2.09 bits per heavy atom. The van der Waals surface area contributed by atoms with Gasteiger partial charge >= 0.3 is 0 Å². The van der Waals surface area contributed by atoms with Crippen LogP contribution in [-0.2, 0) is 9.53 Å². The van der Waals surface area contributed by atoms with Gasteiger partial charge in [-0.05, 0) is 43.9 Å². The second-order valence-electron chi connectivity index (χ2n) is 5.90. The fourth-order valence-electron chi connectivity index (χ4n) is 3.21. The molecule has 1 saturated heterocycles. The van der Waals surface area contributed by atoms with Crippen molar-refractivity contribution < 1.29 is 19.0 Å². The Kier molecular flexibility index (Phi) is 4.16. The van der Waals surface area contributed by atoms with Gasteiger partial charge in [-0.1, -0.05) is 12.1 Å². The molecule has 3 rings (SSSR count). The van der Waals surface area contributed by atoms with Gasteiger partial charge in [0.1, 0.15) is 11.6 Å². The number of amides is 1. The zero-order valence-electron chi connectivity index (χ0n) is 12.6. The number of aliphatic hydroxyl groups is 1. The quantitative estimate of drug-likeness (QED) is 0.913. The Hall–Kier alpha value is -1.88. The van der Waals surface area contributed by atoms with Crippen LogP contribution >= 0.6 is 0 Å². The molecule has 1 N–H and O–H groups in total. The summed E-state index contributed by atoms with van der Waals surface area (Å²) in [4.78, 5) is 14.5. The van der Waals surface area contributed by atoms with Crippen molar-refractivity contribution in [3.8, 4) is 0 Å². The van der Waals surface area contributed by atoms with Crippen LogP contribution in [0.15, 0.2) is 35.6 Å². The predicted molar refractivity (Wildman–Crippen MR) is 79.4 cm³/mol. The summed E-state index contributed by atoms with van der Waals surface area (Å²) in [6, 6.07) is 5.91. The highest BCUT2D eigenvalue weighted by atomic mass is 19.1. The van der Waals surface area contributed by atoms with E-state index in [0.29, 0.717) is 37.3 Å². The molecular weight excluding hydrogens is 285 g/mol. The minimum Gasteiger partial charge on any atom is -0.498 e. The number of aliphatic hydroxyl groups excluding tert-OH is 1. The van der Waals surface area contributed by atoms with Gasteiger partial charge in [-0.15, -0.1) is 0 Å². The van der Waals surface area contributed by atoms with Gasteiger partial charge in [0.05, 0.1) is 24.3 Å². The van der Waals surface area contributed by atoms with Crippen LogP contribution in [0, 0.1) is 5.82 Å². The van der Waals surface area contributed by atoms with Crippen LogP contribution in [0.3, 0.4) is 0 Å². The monoisotopic (exact) mass is 305 g/mol. The third kappa shape index (κ3) is 2.86. The third-order valence-corrected chi connectivity index (χ3v) is 4.37. The van der Waals surface area contributed by atoms with E-state index in [2.05, 4.69) is 0 Å². The van der Waals surface area contributed by atoms with Crippen LogP contribution in [0.4, 0.5) is 4.39 Å². The standard InChI is InChI=1S/C17H20FNO3/c1-11-15(3-2-8-22-11)17(21)19-10-14(20)9-16(19)12-4-6-13(18)7-5-12/h4-7,14,16,20H,2-3,8-10H2,1H3/t14-,16-/m0/s1. The second kappa shape index (κ2) is 6.08. The first-order valence-corrected chi connectivity index (χ1v) is 7.63. The van der Waals surface area contributed by atoms with Crippen molar-refractivity contribution in [2.45, 2.75) is 38.3 Å². The largest absolute Gasteiger partial charge is 0.498 e. The first-order valence-electron chi connectivity index (χ1n) is 7.63. The fraction of sp³-hybridized carbons (Fsp3) is 0.471. The molecular formula is C17H20FNO3. The SMILES string of the molecule is CC1=C(C(=O)N2C[C@@H](O)C[C@H]2c2ccc(F)cc2)CCCO1. The number of carbonyl (C=O) groups is 1. The van der Waals surface area contributed by atoms with Gasteiger partial charge < -0.3 is 14.7 Å². The molecule has 2 aliphatic heterocycles. The van der Waals surface area contributed by atoms with E-state index < -0.39 is 6.10 Å². The zero-order valence-corrected chi connectivity index (χ0v) is 12.6. The second-order valence-corrected chi connectivity index (χ2v) is 5.90. The van der Waals surface area contributed by atoms with E-state index in [9.17, 15) is 14.3 Å². The molecule has 1 fully saturated rings. The van der Waals surface area contributed by atoms with E-state index in [4.69, 9.17) is 4.74 Å². The molecule has 0 aliphatic carbocycles. The van der Waals surface area contributed by atoms with Crippen molar-refractivity contribution in [3.63, 3.8) is 0 Å². The molecule has 2 heterocycles. The van der Waals surface area contributed by atoms with E-state index in [0.717, 1.165) is 12.0 Å². The van der Waals surface area contributed by atoms with Crippen LogP contribution in [0.1, 0.15) is 37.8 Å². The maximum Gasteiger partial charge on any atom is 0.253 e. The summed E-state index contributed by atoms with van der Waals surface area (Å²) in [7, 11) is 0. The number of allylic oxidation sites excluding steroid dienone is 1. The van der Waals surface area contributed by atoms with Crippen molar-refractivity contribution in [3.05, 3.63) is 47.0 Å². The molecule has 118 valence electrons. The fourth-order valence-corrected chi connectivity index (χ4v) is 3.21. The minimum atomic E-state index is -0.551. The normalized spacial score (nSPS) is 25.3. The summed E-state index contributed by atoms with van der Waals surface area (Å²) in [6.45, 7) is 2.76. The summed E-state index contributed by atoms with van der Waals surface area (Å²) in [5.41, 5.74) is 1.54. The van der Waals surface area contributed by atoms with Gasteiger partial charge in [0, 0.05) is 6.54 Å². The summed E-state index contributed by atoms with van der Waals surface area (Å²) in [6.07, 6.45) is 1.46. The summed E-state index contributed by atoms with van der Waals surface area (Å²) < 4.78 is 18.6. The molecule has 0 aromatic heterocycles. The number of benzene rings is 1. The summed E-state index contributed by atoms with van der Waals surface area (Å²) in [5, 5.41) is 9.98. The van der Waals surface area contributed by atoms with Crippen molar-refractivity contribution in [2.75, 3.05) is 13.2 Å². The molecule has 1 amide bonds. The predicted octanol–water partition coefficient (Wildman–Crippen LogP) is 2.54. The number of hydrogen-bond acceptors (Lipinski definition) is 3. The van der Waals surface area contributed by atoms with E-state index in [-0.39, 0.29) is 17.8 Å². The van der Waals surface area contributed by atoms with Crippen LogP contribution in [0.25, 0.3) is 0 Å². The van der Waals surface area contributed by atoms with Crippen LogP contribution in [0.5, 0.6) is 0 Å². The molecule has 0 spiro atoms. The Labute approximate surface area is 129 Å². The average molecular weight is 305 g/mol. The summed E-state index contributed by atoms with van der Waals surface area (Å²) in [5.74, 6) is 0.290. The summed E-state index contributed by atoms with van der Waals surface area (Å²) >= 11 is 0. The lowest BCUT2D eigenvalue weighted by Crippen LogP contribution is -2.34. The Morgan fingerprint density at radius 3 is 2.77 bits per heavy atom. The van der Waals surface area contributed by atoms with E-state index in [1.807, 2.05) is 6.92 Å². The van der Waals surface area contributed by atoms with Crippen molar-refractivity contribution in [1.82, 2.24) is 4.90 Å². The number of ether oxygens (including phenoxy) is 1. The zero-order chi connectivity index (χ0) is 15.7. The number of β-amino-alcohol motifs (C(OH)–C–C–N with tert-alkyl or cyclic N) is 1. The molecule has 0 saturated carbocycles. The van der Waals surface area contributed by atoms with Gasteiger partial charge in [0.15, 0.2) is 0 Å². The number of nitrogens with zero attached hydrogens (tertiary/aromatic N) is 1. The number of likely N-dealkylation sites (tertiary alicyclic amines) is 1. The van der Waals surface area contributed by atoms with Crippen LogP contribution in [-0.4, -0.2) is 35.2 Å². The molecule has 1 aromatic rings. The maximum absolute atomic E-state index is 13.1. The number of rotatable bonds is 2. The van der Waals surface area contributed by atoms with Crippen LogP contribution < -0.4 is 0 Å². The lowest BCUT2D eigenvalue weighted by atomic mass is 10.0. The average Bonchev–Trinajstić information content (AvgIpc) is 2.90. The Balaban J connectivity index is 1.87. The third-order valence-electron chi connectivity index (χ3n) is 4.37. The van der Waals surface area contributed by atoms with Gasteiger partial charge in [0.25, 0.3) is 5.91 Å². The molecule has 0 bridgehead atoms. The van der Waals surface area contributed by atoms with Gasteiger partial charge in [-0.25, -0.2) is 4.39 Å². The minimum absolute atomic E-state index is 0.0805. The molecule has 1 aromatic carbocycles. The topological polar surface area (TPSA) is 49.8 Å². The van der Waals surface area contributed by atoms with Gasteiger partial charge in [-0.3, -0.25) is 4.79 Å². The van der Waals surface area contributed by atoms with Crippen molar-refractivity contribution >= 4 is 5.91 Å². The number of halogens is 1. The first kappa shape index (κ1) is 15.0. The highest BCUT2D eigenvalue weighted by Crippen LogP contribution is 2.35. The Morgan fingerprint density at radius 1 is 1.36 bits per heavy atom. The van der Waals surface area contributed by atoms with Crippen LogP contribution in [0.2, 0.25) is 0 Å². The van der Waals surface area contributed by atoms with Gasteiger partial charge in [0.2, 0.25) is 0 Å². The highest BCUT2D eigenvalue weighted by molar-refractivity contribution is 5.94. The van der Waals surface area contributed by atoms with Crippen molar-refractivity contribution in [1.29, 1.82) is 0 Å². The lowest BCUT2D eigenvalue weighted by Gasteiger charge is -2.28. The number of hydrogen-bond donors (Lipinski definition) is 1. The lowest BCUT2D eigenvalue weighted by molar-refractivity contribution is -0.129. The molecule has 5 heteroatoms. The van der Waals surface area contributed by atoms with Crippen molar-refractivity contribution in [2.24, 2.45) is 0 Å². The smallest absolute Gasteiger partial charge is 0.253 e. The Bertz CT molecular complexity index is 596. The molecule has 2 atom stereocenters. The van der Waals surface area contributed by atoms with E-state index in [1.54, 1.807) is 17.0 Å². The maximum atomic E-state index is 13.1.